The molecule has 2 bridgehead atoms. The second kappa shape index (κ2) is 10.1. The number of piperidine rings is 1. The first-order valence-corrected chi connectivity index (χ1v) is 13.1. The first-order chi connectivity index (χ1) is 15.7. The zero-order valence-corrected chi connectivity index (χ0v) is 19.8. The van der Waals surface area contributed by atoms with Gasteiger partial charge in [-0.05, 0) is 44.2 Å². The third-order valence-corrected chi connectivity index (χ3v) is 8.20. The molecule has 2 saturated heterocycles. The molecule has 1 unspecified atom stereocenters. The lowest BCUT2D eigenvalue weighted by atomic mass is 9.85. The van der Waals surface area contributed by atoms with Crippen LogP contribution in [0.3, 0.4) is 0 Å². The van der Waals surface area contributed by atoms with E-state index in [9.17, 15) is 4.79 Å². The predicted octanol–water partition coefficient (Wildman–Crippen LogP) is 6.07. The van der Waals surface area contributed by atoms with Crippen LogP contribution in [0.4, 0.5) is 0 Å². The summed E-state index contributed by atoms with van der Waals surface area (Å²) in [6.45, 7) is 3.46. The van der Waals surface area contributed by atoms with Gasteiger partial charge in [-0.25, -0.2) is 0 Å². The standard InChI is InChI=1S/C28H40N2O2/c1-21(31)15-22-18-29(28-14-10-9-13-27(22)28)24-16-25-19-32-20-26(17-24)30(25)23-11-7-5-3-2-4-6-8-12-23/h9-10,13-14,18,23-26H,2-8,11-12,15-17,19-20H2,1H3/t24?,25-,26+. The van der Waals surface area contributed by atoms with Crippen molar-refractivity contribution in [2.75, 3.05) is 13.2 Å². The molecule has 0 spiro atoms. The van der Waals surface area contributed by atoms with E-state index in [4.69, 9.17) is 4.74 Å². The number of carbonyl (C=O) groups excluding carboxylic acids is 1. The number of Topliss-reactive ketones (excluding diaryl/α,β-unsaturated/α-hetero) is 1. The summed E-state index contributed by atoms with van der Waals surface area (Å²) in [5, 5.41) is 1.25. The topological polar surface area (TPSA) is 34.5 Å². The summed E-state index contributed by atoms with van der Waals surface area (Å²) < 4.78 is 8.60. The molecule has 1 aromatic carbocycles. The van der Waals surface area contributed by atoms with Gasteiger partial charge in [0.1, 0.15) is 5.78 Å². The molecule has 3 atom stereocenters. The first kappa shape index (κ1) is 22.2. The maximum atomic E-state index is 11.9. The van der Waals surface area contributed by atoms with Gasteiger partial charge in [0, 0.05) is 47.7 Å². The van der Waals surface area contributed by atoms with Gasteiger partial charge in [0.05, 0.1) is 13.2 Å². The fourth-order valence-corrected chi connectivity index (χ4v) is 6.81. The van der Waals surface area contributed by atoms with E-state index in [1.807, 2.05) is 0 Å². The molecule has 3 heterocycles. The SMILES string of the molecule is CC(=O)Cc1cn(C2C[C@H]3COC[C@@H](C2)N3C2CCCCCCCCC2)c2ccccc12. The Balaban J connectivity index is 1.38. The molecule has 2 aliphatic heterocycles. The van der Waals surface area contributed by atoms with Gasteiger partial charge in [-0.3, -0.25) is 9.69 Å². The molecule has 2 aromatic rings. The van der Waals surface area contributed by atoms with E-state index in [2.05, 4.69) is 39.9 Å². The zero-order chi connectivity index (χ0) is 21.9. The fraction of sp³-hybridized carbons (Fsp3) is 0.679. The minimum atomic E-state index is 0.240. The van der Waals surface area contributed by atoms with E-state index in [-0.39, 0.29) is 5.78 Å². The summed E-state index contributed by atoms with van der Waals surface area (Å²) in [5.41, 5.74) is 2.48. The van der Waals surface area contributed by atoms with Crippen molar-refractivity contribution in [3.8, 4) is 0 Å². The van der Waals surface area contributed by atoms with Crippen molar-refractivity contribution in [3.63, 3.8) is 0 Å². The molecule has 0 amide bonds. The maximum absolute atomic E-state index is 11.9. The summed E-state index contributed by atoms with van der Waals surface area (Å²) in [4.78, 5) is 14.8. The van der Waals surface area contributed by atoms with Gasteiger partial charge in [0.15, 0.2) is 0 Å². The quantitative estimate of drug-likeness (QED) is 0.583. The maximum Gasteiger partial charge on any atom is 0.134 e. The van der Waals surface area contributed by atoms with E-state index in [0.29, 0.717) is 24.5 Å². The van der Waals surface area contributed by atoms with Crippen molar-refractivity contribution in [2.24, 2.45) is 0 Å². The molecule has 3 fully saturated rings. The van der Waals surface area contributed by atoms with E-state index < -0.39 is 0 Å². The highest BCUT2D eigenvalue weighted by Crippen LogP contribution is 2.40. The Bertz CT molecular complexity index is 895. The Hall–Kier alpha value is -1.65. The summed E-state index contributed by atoms with van der Waals surface area (Å²) in [5.74, 6) is 0.240. The number of nitrogens with zero attached hydrogens (tertiary/aromatic N) is 2. The van der Waals surface area contributed by atoms with E-state index in [0.717, 1.165) is 32.1 Å². The van der Waals surface area contributed by atoms with Crippen LogP contribution in [0.25, 0.3) is 10.9 Å². The molecular weight excluding hydrogens is 396 g/mol. The number of ether oxygens (including phenoxy) is 1. The number of morpholine rings is 1. The Morgan fingerprint density at radius 3 is 2.16 bits per heavy atom. The van der Waals surface area contributed by atoms with Crippen molar-refractivity contribution in [1.82, 2.24) is 9.47 Å². The van der Waals surface area contributed by atoms with Crippen LogP contribution in [0.15, 0.2) is 30.5 Å². The van der Waals surface area contributed by atoms with Gasteiger partial charge in [-0.15, -0.1) is 0 Å². The number of benzene rings is 1. The molecule has 1 aliphatic carbocycles. The molecule has 0 radical (unpaired) electrons. The van der Waals surface area contributed by atoms with Crippen LogP contribution < -0.4 is 0 Å². The van der Waals surface area contributed by atoms with Crippen LogP contribution in [-0.2, 0) is 16.0 Å². The summed E-state index contributed by atoms with van der Waals surface area (Å²) in [6.07, 6.45) is 17.8. The molecule has 5 rings (SSSR count). The molecule has 4 nitrogen and oxygen atoms in total. The highest BCUT2D eigenvalue weighted by atomic mass is 16.5. The number of aromatic nitrogens is 1. The van der Waals surface area contributed by atoms with Crippen LogP contribution >= 0.6 is 0 Å². The van der Waals surface area contributed by atoms with E-state index in [1.54, 1.807) is 6.92 Å². The van der Waals surface area contributed by atoms with Crippen LogP contribution in [-0.4, -0.2) is 46.6 Å². The van der Waals surface area contributed by atoms with Crippen LogP contribution in [0.1, 0.15) is 89.2 Å². The van der Waals surface area contributed by atoms with Crippen molar-refractivity contribution >= 4 is 16.7 Å². The van der Waals surface area contributed by atoms with Gasteiger partial charge in [0.2, 0.25) is 0 Å². The van der Waals surface area contributed by atoms with Crippen LogP contribution in [0.2, 0.25) is 0 Å². The molecular formula is C28H40N2O2. The fourth-order valence-electron chi connectivity index (χ4n) is 6.81. The number of hydrogen-bond acceptors (Lipinski definition) is 3. The lowest BCUT2D eigenvalue weighted by Crippen LogP contribution is -2.60. The van der Waals surface area contributed by atoms with Crippen molar-refractivity contribution in [3.05, 3.63) is 36.0 Å². The van der Waals surface area contributed by atoms with Gasteiger partial charge >= 0.3 is 0 Å². The molecule has 32 heavy (non-hydrogen) atoms. The summed E-state index contributed by atoms with van der Waals surface area (Å²) in [6, 6.07) is 10.9. The second-order valence-corrected chi connectivity index (χ2v) is 10.6. The van der Waals surface area contributed by atoms with Gasteiger partial charge in [-0.1, -0.05) is 63.1 Å². The predicted molar refractivity (Wildman–Crippen MR) is 130 cm³/mol. The average molecular weight is 437 g/mol. The van der Waals surface area contributed by atoms with Crippen LogP contribution in [0, 0.1) is 0 Å². The highest BCUT2D eigenvalue weighted by Gasteiger charge is 2.42. The lowest BCUT2D eigenvalue weighted by molar-refractivity contribution is -0.116. The summed E-state index contributed by atoms with van der Waals surface area (Å²) in [7, 11) is 0. The molecule has 1 saturated carbocycles. The molecule has 3 aliphatic rings. The Labute approximate surface area is 193 Å². The van der Waals surface area contributed by atoms with Crippen molar-refractivity contribution < 1.29 is 9.53 Å². The minimum absolute atomic E-state index is 0.240. The third kappa shape index (κ3) is 4.68. The van der Waals surface area contributed by atoms with Gasteiger partial charge < -0.3 is 9.30 Å². The number of hydrogen-bond donors (Lipinski definition) is 0. The smallest absolute Gasteiger partial charge is 0.134 e. The van der Waals surface area contributed by atoms with Gasteiger partial charge in [0.25, 0.3) is 0 Å². The Morgan fingerprint density at radius 2 is 1.50 bits per heavy atom. The number of para-hydroxylation sites is 1. The molecule has 174 valence electrons. The third-order valence-electron chi connectivity index (χ3n) is 8.20. The normalized spacial score (nSPS) is 28.6. The number of carbonyl (C=O) groups is 1. The Morgan fingerprint density at radius 1 is 0.875 bits per heavy atom. The van der Waals surface area contributed by atoms with Crippen molar-refractivity contribution in [2.45, 2.75) is 108 Å². The average Bonchev–Trinajstić information content (AvgIpc) is 3.14. The van der Waals surface area contributed by atoms with Crippen LogP contribution in [0.5, 0.6) is 0 Å². The Kier molecular flexibility index (Phi) is 6.99. The number of ketones is 1. The largest absolute Gasteiger partial charge is 0.378 e. The number of fused-ring (bicyclic) bond motifs is 3. The summed E-state index contributed by atoms with van der Waals surface area (Å²) >= 11 is 0. The minimum Gasteiger partial charge on any atom is -0.378 e. The number of rotatable bonds is 4. The van der Waals surface area contributed by atoms with Crippen molar-refractivity contribution in [1.29, 1.82) is 0 Å². The first-order valence-electron chi connectivity index (χ1n) is 13.1. The molecule has 4 heteroatoms. The second-order valence-electron chi connectivity index (χ2n) is 10.6. The molecule has 1 aromatic heterocycles. The molecule has 0 N–H and O–H groups in total. The zero-order valence-electron chi connectivity index (χ0n) is 19.8. The van der Waals surface area contributed by atoms with E-state index in [1.165, 1.54) is 74.3 Å². The monoisotopic (exact) mass is 436 g/mol. The lowest BCUT2D eigenvalue weighted by Gasteiger charge is -2.52. The highest BCUT2D eigenvalue weighted by molar-refractivity contribution is 5.89. The van der Waals surface area contributed by atoms with E-state index >= 15 is 0 Å². The van der Waals surface area contributed by atoms with Gasteiger partial charge in [-0.2, -0.15) is 0 Å².